The number of Topliss-reactive ketones (excluding diaryl/α,β-unsaturated/α-hetero) is 1. The molecule has 0 aromatic rings. The van der Waals surface area contributed by atoms with E-state index in [0.717, 1.165) is 19.3 Å². The van der Waals surface area contributed by atoms with Crippen LogP contribution in [0.15, 0.2) is 0 Å². The van der Waals surface area contributed by atoms with Gasteiger partial charge in [0.2, 0.25) is 0 Å². The van der Waals surface area contributed by atoms with Gasteiger partial charge < -0.3 is 9.84 Å². The Morgan fingerprint density at radius 2 is 2.18 bits per heavy atom. The van der Waals surface area contributed by atoms with Crippen molar-refractivity contribution in [1.29, 1.82) is 0 Å². The first-order valence-corrected chi connectivity index (χ1v) is 6.53. The van der Waals surface area contributed by atoms with E-state index >= 15 is 0 Å². The largest absolute Gasteiger partial charge is 0.466 e. The SMILES string of the molecule is O=C(CCC1CCCCC1=O)OCCCCO. The Balaban J connectivity index is 2.08. The smallest absolute Gasteiger partial charge is 0.305 e. The van der Waals surface area contributed by atoms with Gasteiger partial charge in [0.25, 0.3) is 0 Å². The van der Waals surface area contributed by atoms with Gasteiger partial charge in [0.15, 0.2) is 0 Å². The van der Waals surface area contributed by atoms with E-state index in [4.69, 9.17) is 9.84 Å². The molecule has 0 bridgehead atoms. The Morgan fingerprint density at radius 3 is 2.88 bits per heavy atom. The van der Waals surface area contributed by atoms with Gasteiger partial charge in [-0.15, -0.1) is 0 Å². The second kappa shape index (κ2) is 8.23. The minimum atomic E-state index is -0.221. The first-order chi connectivity index (χ1) is 8.24. The lowest BCUT2D eigenvalue weighted by molar-refractivity contribution is -0.144. The molecule has 1 unspecified atom stereocenters. The van der Waals surface area contributed by atoms with Crippen LogP contribution in [0.5, 0.6) is 0 Å². The normalized spacial score (nSPS) is 20.3. The monoisotopic (exact) mass is 242 g/mol. The number of hydrogen-bond acceptors (Lipinski definition) is 4. The highest BCUT2D eigenvalue weighted by atomic mass is 16.5. The molecule has 1 fully saturated rings. The summed E-state index contributed by atoms with van der Waals surface area (Å²) in [7, 11) is 0. The zero-order chi connectivity index (χ0) is 12.5. The molecule has 4 heteroatoms. The molecule has 0 saturated heterocycles. The van der Waals surface area contributed by atoms with Crippen molar-refractivity contribution in [3.8, 4) is 0 Å². The van der Waals surface area contributed by atoms with Crippen molar-refractivity contribution >= 4 is 11.8 Å². The van der Waals surface area contributed by atoms with Crippen molar-refractivity contribution in [2.75, 3.05) is 13.2 Å². The third kappa shape index (κ3) is 5.82. The van der Waals surface area contributed by atoms with Gasteiger partial charge in [0, 0.05) is 25.4 Å². The lowest BCUT2D eigenvalue weighted by Gasteiger charge is -2.19. The van der Waals surface area contributed by atoms with E-state index in [2.05, 4.69) is 0 Å². The van der Waals surface area contributed by atoms with E-state index in [1.807, 2.05) is 0 Å². The van der Waals surface area contributed by atoms with E-state index in [-0.39, 0.29) is 18.5 Å². The van der Waals surface area contributed by atoms with Gasteiger partial charge in [0.1, 0.15) is 5.78 Å². The van der Waals surface area contributed by atoms with Gasteiger partial charge in [-0.05, 0) is 32.1 Å². The number of hydrogen-bond donors (Lipinski definition) is 1. The molecule has 98 valence electrons. The molecule has 0 aliphatic heterocycles. The Labute approximate surface area is 102 Å². The van der Waals surface area contributed by atoms with Gasteiger partial charge in [0.05, 0.1) is 6.61 Å². The molecule has 0 heterocycles. The van der Waals surface area contributed by atoms with Crippen LogP contribution in [0.2, 0.25) is 0 Å². The zero-order valence-corrected chi connectivity index (χ0v) is 10.3. The quantitative estimate of drug-likeness (QED) is 0.546. The van der Waals surface area contributed by atoms with E-state index in [9.17, 15) is 9.59 Å². The minimum Gasteiger partial charge on any atom is -0.466 e. The maximum absolute atomic E-state index is 11.5. The number of rotatable bonds is 7. The summed E-state index contributed by atoms with van der Waals surface area (Å²) in [6, 6.07) is 0. The first kappa shape index (κ1) is 14.2. The molecule has 0 amide bonds. The lowest BCUT2D eigenvalue weighted by atomic mass is 9.85. The lowest BCUT2D eigenvalue weighted by Crippen LogP contribution is -2.20. The number of carbonyl (C=O) groups excluding carboxylic acids is 2. The minimum absolute atomic E-state index is 0.0775. The summed E-state index contributed by atoms with van der Waals surface area (Å²) < 4.78 is 5.01. The van der Waals surface area contributed by atoms with Gasteiger partial charge in [-0.2, -0.15) is 0 Å². The van der Waals surface area contributed by atoms with Crippen molar-refractivity contribution < 1.29 is 19.4 Å². The van der Waals surface area contributed by atoms with E-state index < -0.39 is 0 Å². The van der Waals surface area contributed by atoms with Crippen LogP contribution in [0, 0.1) is 5.92 Å². The molecular weight excluding hydrogens is 220 g/mol. The fraction of sp³-hybridized carbons (Fsp3) is 0.846. The molecule has 1 saturated carbocycles. The maximum Gasteiger partial charge on any atom is 0.305 e. The van der Waals surface area contributed by atoms with Crippen LogP contribution in [0.4, 0.5) is 0 Å². The molecule has 4 nitrogen and oxygen atoms in total. The van der Waals surface area contributed by atoms with Crippen LogP contribution in [0.1, 0.15) is 51.4 Å². The van der Waals surface area contributed by atoms with E-state index in [1.165, 1.54) is 0 Å². The van der Waals surface area contributed by atoms with Crippen LogP contribution in [0.3, 0.4) is 0 Å². The highest BCUT2D eigenvalue weighted by molar-refractivity contribution is 5.82. The van der Waals surface area contributed by atoms with Crippen LogP contribution >= 0.6 is 0 Å². The van der Waals surface area contributed by atoms with Crippen molar-refractivity contribution in [2.45, 2.75) is 51.4 Å². The Morgan fingerprint density at radius 1 is 1.35 bits per heavy atom. The third-order valence-electron chi connectivity index (χ3n) is 3.19. The van der Waals surface area contributed by atoms with E-state index in [0.29, 0.717) is 44.5 Å². The summed E-state index contributed by atoms with van der Waals surface area (Å²) in [6.45, 7) is 0.506. The summed E-state index contributed by atoms with van der Waals surface area (Å²) in [4.78, 5) is 22.9. The Hall–Kier alpha value is -0.900. The number of carbonyl (C=O) groups is 2. The Kier molecular flexibility index (Phi) is 6.86. The Bertz CT molecular complexity index is 250. The van der Waals surface area contributed by atoms with Crippen LogP contribution in [-0.2, 0) is 14.3 Å². The van der Waals surface area contributed by atoms with Gasteiger partial charge in [-0.1, -0.05) is 6.42 Å². The number of aliphatic hydroxyl groups is 1. The molecular formula is C13H22O4. The fourth-order valence-corrected chi connectivity index (χ4v) is 2.12. The fourth-order valence-electron chi connectivity index (χ4n) is 2.12. The van der Waals surface area contributed by atoms with Crippen LogP contribution in [-0.4, -0.2) is 30.1 Å². The van der Waals surface area contributed by atoms with E-state index in [1.54, 1.807) is 0 Å². The first-order valence-electron chi connectivity index (χ1n) is 6.53. The van der Waals surface area contributed by atoms with Crippen LogP contribution < -0.4 is 0 Å². The summed E-state index contributed by atoms with van der Waals surface area (Å²) in [5.41, 5.74) is 0. The molecule has 1 rings (SSSR count). The second-order valence-corrected chi connectivity index (χ2v) is 4.60. The van der Waals surface area contributed by atoms with Gasteiger partial charge >= 0.3 is 5.97 Å². The number of esters is 1. The average Bonchev–Trinajstić information content (AvgIpc) is 2.34. The maximum atomic E-state index is 11.5. The molecule has 1 aliphatic rings. The molecule has 1 atom stereocenters. The molecule has 1 aliphatic carbocycles. The average molecular weight is 242 g/mol. The van der Waals surface area contributed by atoms with Crippen molar-refractivity contribution in [3.63, 3.8) is 0 Å². The predicted octanol–water partition coefficient (Wildman–Crippen LogP) is 1.84. The third-order valence-corrected chi connectivity index (χ3v) is 3.19. The van der Waals surface area contributed by atoms with Crippen LogP contribution in [0.25, 0.3) is 0 Å². The van der Waals surface area contributed by atoms with Crippen molar-refractivity contribution in [2.24, 2.45) is 5.92 Å². The molecule has 0 aromatic heterocycles. The number of aliphatic hydroxyl groups excluding tert-OH is 1. The summed E-state index contributed by atoms with van der Waals surface area (Å²) in [5, 5.41) is 8.56. The molecule has 0 spiro atoms. The number of unbranched alkanes of at least 4 members (excludes halogenated alkanes) is 1. The molecule has 17 heavy (non-hydrogen) atoms. The summed E-state index contributed by atoms with van der Waals surface area (Å²) >= 11 is 0. The van der Waals surface area contributed by atoms with Crippen molar-refractivity contribution in [3.05, 3.63) is 0 Å². The van der Waals surface area contributed by atoms with Gasteiger partial charge in [-0.3, -0.25) is 9.59 Å². The predicted molar refractivity (Wildman–Crippen MR) is 63.5 cm³/mol. The van der Waals surface area contributed by atoms with Crippen molar-refractivity contribution in [1.82, 2.24) is 0 Å². The standard InChI is InChI=1S/C13H22O4/c14-9-3-4-10-17-13(16)8-7-11-5-1-2-6-12(11)15/h11,14H,1-10H2. The summed E-state index contributed by atoms with van der Waals surface area (Å²) in [5.74, 6) is 0.166. The highest BCUT2D eigenvalue weighted by Crippen LogP contribution is 2.24. The molecule has 0 radical (unpaired) electrons. The summed E-state index contributed by atoms with van der Waals surface area (Å²) in [6.07, 6.45) is 6.04. The van der Waals surface area contributed by atoms with Gasteiger partial charge in [-0.25, -0.2) is 0 Å². The molecule has 1 N–H and O–H groups in total. The topological polar surface area (TPSA) is 63.6 Å². The number of ether oxygens (including phenoxy) is 1. The highest BCUT2D eigenvalue weighted by Gasteiger charge is 2.22. The zero-order valence-electron chi connectivity index (χ0n) is 10.3. The number of ketones is 1. The second-order valence-electron chi connectivity index (χ2n) is 4.60. The molecule has 0 aromatic carbocycles.